The van der Waals surface area contributed by atoms with E-state index in [4.69, 9.17) is 10.2 Å². The number of nitrogens with zero attached hydrogens (tertiary/aromatic N) is 3. The predicted octanol–water partition coefficient (Wildman–Crippen LogP) is 3.08. The first-order chi connectivity index (χ1) is 13.0. The van der Waals surface area contributed by atoms with E-state index in [2.05, 4.69) is 9.97 Å². The molecule has 0 saturated carbocycles. The summed E-state index contributed by atoms with van der Waals surface area (Å²) in [6.45, 7) is 0.703. The lowest BCUT2D eigenvalue weighted by molar-refractivity contribution is 0.0679. The van der Waals surface area contributed by atoms with Crippen molar-refractivity contribution in [3.05, 3.63) is 89.5 Å². The number of rotatable bonds is 7. The maximum absolute atomic E-state index is 11.2. The Morgan fingerprint density at radius 2 is 1.19 bits per heavy atom. The van der Waals surface area contributed by atoms with Gasteiger partial charge in [0.25, 0.3) is 0 Å². The Kier molecular flexibility index (Phi) is 5.41. The standard InChI is InChI=1S/C20H17N3O4/c24-19(25)17-10-4-6-14(21-17)12-23(16-8-2-1-3-9-16)13-15-7-5-11-18(22-15)20(26)27/h1-11H,12-13H2,(H,24,25)(H,26,27). The minimum absolute atomic E-state index is 0.0217. The predicted molar refractivity (Wildman–Crippen MR) is 98.7 cm³/mol. The first-order valence-corrected chi connectivity index (χ1v) is 8.21. The number of hydrogen-bond acceptors (Lipinski definition) is 5. The van der Waals surface area contributed by atoms with Crippen molar-refractivity contribution >= 4 is 17.6 Å². The lowest BCUT2D eigenvalue weighted by Crippen LogP contribution is -2.24. The van der Waals surface area contributed by atoms with Crippen molar-refractivity contribution in [2.75, 3.05) is 4.90 Å². The molecule has 2 N–H and O–H groups in total. The maximum Gasteiger partial charge on any atom is 0.354 e. The molecule has 0 atom stereocenters. The van der Waals surface area contributed by atoms with Gasteiger partial charge in [-0.3, -0.25) is 0 Å². The van der Waals surface area contributed by atoms with E-state index >= 15 is 0 Å². The molecule has 0 aliphatic carbocycles. The van der Waals surface area contributed by atoms with Crippen LogP contribution in [-0.2, 0) is 13.1 Å². The average molecular weight is 363 g/mol. The van der Waals surface area contributed by atoms with Crippen LogP contribution < -0.4 is 4.90 Å². The molecule has 0 radical (unpaired) electrons. The third-order valence-electron chi connectivity index (χ3n) is 3.88. The van der Waals surface area contributed by atoms with E-state index in [-0.39, 0.29) is 11.4 Å². The molecule has 27 heavy (non-hydrogen) atoms. The molecule has 0 bridgehead atoms. The zero-order valence-corrected chi connectivity index (χ0v) is 14.3. The molecular formula is C20H17N3O4. The number of hydrogen-bond donors (Lipinski definition) is 2. The minimum Gasteiger partial charge on any atom is -0.477 e. The summed E-state index contributed by atoms with van der Waals surface area (Å²) >= 11 is 0. The van der Waals surface area contributed by atoms with Crippen LogP contribution >= 0.6 is 0 Å². The van der Waals surface area contributed by atoms with Crippen molar-refractivity contribution < 1.29 is 19.8 Å². The highest BCUT2D eigenvalue weighted by Crippen LogP contribution is 2.19. The number of aromatic carboxylic acids is 2. The number of aromatic nitrogens is 2. The molecule has 7 nitrogen and oxygen atoms in total. The largest absolute Gasteiger partial charge is 0.477 e. The van der Waals surface area contributed by atoms with Gasteiger partial charge in [-0.05, 0) is 36.4 Å². The Morgan fingerprint density at radius 1 is 0.704 bits per heavy atom. The van der Waals surface area contributed by atoms with Crippen molar-refractivity contribution in [3.63, 3.8) is 0 Å². The number of carboxylic acid groups (broad SMARTS) is 2. The quantitative estimate of drug-likeness (QED) is 0.665. The van der Waals surface area contributed by atoms with Gasteiger partial charge in [-0.15, -0.1) is 0 Å². The Labute approximate surface area is 155 Å². The average Bonchev–Trinajstić information content (AvgIpc) is 2.68. The molecule has 3 aromatic rings. The van der Waals surface area contributed by atoms with Crippen molar-refractivity contribution in [1.82, 2.24) is 9.97 Å². The molecule has 0 saturated heterocycles. The number of carboxylic acids is 2. The summed E-state index contributed by atoms with van der Waals surface area (Å²) in [4.78, 5) is 32.6. The Morgan fingerprint density at radius 3 is 1.63 bits per heavy atom. The van der Waals surface area contributed by atoms with Crippen molar-refractivity contribution in [2.45, 2.75) is 13.1 Å². The molecule has 0 spiro atoms. The monoisotopic (exact) mass is 363 g/mol. The van der Waals surface area contributed by atoms with Crippen molar-refractivity contribution in [3.8, 4) is 0 Å². The first kappa shape index (κ1) is 18.1. The van der Waals surface area contributed by atoms with E-state index in [1.165, 1.54) is 12.1 Å². The van der Waals surface area contributed by atoms with Crippen LogP contribution in [0.15, 0.2) is 66.7 Å². The van der Waals surface area contributed by atoms with Gasteiger partial charge in [0.2, 0.25) is 0 Å². The summed E-state index contributed by atoms with van der Waals surface area (Å²) < 4.78 is 0. The van der Waals surface area contributed by atoms with Crippen LogP contribution in [0.5, 0.6) is 0 Å². The molecule has 2 aromatic heterocycles. The Balaban J connectivity index is 1.90. The molecule has 1 aromatic carbocycles. The van der Waals surface area contributed by atoms with Gasteiger partial charge in [-0.1, -0.05) is 30.3 Å². The van der Waals surface area contributed by atoms with Crippen LogP contribution in [0.2, 0.25) is 0 Å². The SMILES string of the molecule is O=C(O)c1cccc(CN(Cc2cccc(C(=O)O)n2)c2ccccc2)n1. The van der Waals surface area contributed by atoms with Crippen LogP contribution in [0, 0.1) is 0 Å². The normalized spacial score (nSPS) is 10.4. The second-order valence-corrected chi connectivity index (χ2v) is 5.83. The number of pyridine rings is 2. The number of anilines is 1. The van der Waals surface area contributed by atoms with Crippen LogP contribution in [-0.4, -0.2) is 32.1 Å². The summed E-state index contributed by atoms with van der Waals surface area (Å²) in [5.41, 5.74) is 2.03. The minimum atomic E-state index is -1.08. The summed E-state index contributed by atoms with van der Waals surface area (Å²) in [5, 5.41) is 18.3. The second kappa shape index (κ2) is 8.09. The number of benzene rings is 1. The van der Waals surface area contributed by atoms with Gasteiger partial charge in [0, 0.05) is 5.69 Å². The Bertz CT molecular complexity index is 901. The summed E-state index contributed by atoms with van der Waals surface area (Å²) in [6.07, 6.45) is 0. The Hall–Kier alpha value is -3.74. The molecule has 0 unspecified atom stereocenters. The van der Waals surface area contributed by atoms with E-state index in [0.29, 0.717) is 24.5 Å². The highest BCUT2D eigenvalue weighted by Gasteiger charge is 2.13. The molecule has 7 heteroatoms. The van der Waals surface area contributed by atoms with E-state index in [0.717, 1.165) is 5.69 Å². The zero-order valence-electron chi connectivity index (χ0n) is 14.3. The topological polar surface area (TPSA) is 104 Å². The van der Waals surface area contributed by atoms with Gasteiger partial charge in [-0.2, -0.15) is 0 Å². The van der Waals surface area contributed by atoms with Gasteiger partial charge < -0.3 is 15.1 Å². The molecular weight excluding hydrogens is 346 g/mol. The van der Waals surface area contributed by atoms with Crippen LogP contribution in [0.3, 0.4) is 0 Å². The molecule has 136 valence electrons. The van der Waals surface area contributed by atoms with Gasteiger partial charge in [-0.25, -0.2) is 19.6 Å². The van der Waals surface area contributed by atoms with Gasteiger partial charge in [0.15, 0.2) is 0 Å². The van der Waals surface area contributed by atoms with E-state index in [1.807, 2.05) is 35.2 Å². The van der Waals surface area contributed by atoms with Crippen molar-refractivity contribution in [2.24, 2.45) is 0 Å². The van der Waals surface area contributed by atoms with Crippen LogP contribution in [0.25, 0.3) is 0 Å². The smallest absolute Gasteiger partial charge is 0.354 e. The van der Waals surface area contributed by atoms with Gasteiger partial charge in [0.1, 0.15) is 11.4 Å². The molecule has 0 fully saturated rings. The fraction of sp³-hybridized carbons (Fsp3) is 0.100. The number of carbonyl (C=O) groups is 2. The zero-order chi connectivity index (χ0) is 19.2. The van der Waals surface area contributed by atoms with Gasteiger partial charge >= 0.3 is 11.9 Å². The fourth-order valence-electron chi connectivity index (χ4n) is 2.64. The third kappa shape index (κ3) is 4.66. The van der Waals surface area contributed by atoms with Crippen LogP contribution in [0.1, 0.15) is 32.4 Å². The van der Waals surface area contributed by atoms with Crippen molar-refractivity contribution in [1.29, 1.82) is 0 Å². The van der Waals surface area contributed by atoms with E-state index in [9.17, 15) is 9.59 Å². The molecule has 3 rings (SSSR count). The maximum atomic E-state index is 11.2. The van der Waals surface area contributed by atoms with E-state index < -0.39 is 11.9 Å². The van der Waals surface area contributed by atoms with E-state index in [1.54, 1.807) is 24.3 Å². The highest BCUT2D eigenvalue weighted by atomic mass is 16.4. The molecule has 0 aliphatic heterocycles. The second-order valence-electron chi connectivity index (χ2n) is 5.83. The van der Waals surface area contributed by atoms with Crippen LogP contribution in [0.4, 0.5) is 5.69 Å². The molecule has 2 heterocycles. The number of para-hydroxylation sites is 1. The fourth-order valence-corrected chi connectivity index (χ4v) is 2.64. The third-order valence-corrected chi connectivity index (χ3v) is 3.88. The molecule has 0 aliphatic rings. The lowest BCUT2D eigenvalue weighted by Gasteiger charge is -2.24. The highest BCUT2D eigenvalue weighted by molar-refractivity contribution is 5.85. The summed E-state index contributed by atoms with van der Waals surface area (Å²) in [7, 11) is 0. The summed E-state index contributed by atoms with van der Waals surface area (Å²) in [5.74, 6) is -2.17. The first-order valence-electron chi connectivity index (χ1n) is 8.21. The summed E-state index contributed by atoms with van der Waals surface area (Å²) in [6, 6.07) is 19.2. The lowest BCUT2D eigenvalue weighted by atomic mass is 10.2. The molecule has 0 amide bonds. The van der Waals surface area contributed by atoms with Gasteiger partial charge in [0.05, 0.1) is 24.5 Å².